The van der Waals surface area contributed by atoms with Crippen LogP contribution >= 0.6 is 24.0 Å². The number of ether oxygens (including phenoxy) is 2. The Hall–Kier alpha value is -0.0800. The lowest BCUT2D eigenvalue weighted by Gasteiger charge is -2.21. The Kier molecular flexibility index (Phi) is 5.92. The Bertz CT molecular complexity index is 339. The molecule has 3 rings (SSSR count). The minimum absolute atomic E-state index is 0. The molecule has 20 heavy (non-hydrogen) atoms. The van der Waals surface area contributed by atoms with Crippen LogP contribution in [0.25, 0.3) is 0 Å². The Balaban J connectivity index is 0.00000147. The Morgan fingerprint density at radius 3 is 2.60 bits per heavy atom. The van der Waals surface area contributed by atoms with Gasteiger partial charge in [0.05, 0.1) is 13.2 Å². The summed E-state index contributed by atoms with van der Waals surface area (Å²) in [4.78, 5) is 4.40. The molecule has 0 bridgehead atoms. The summed E-state index contributed by atoms with van der Waals surface area (Å²) in [6, 6.07) is 0.519. The Morgan fingerprint density at radius 1 is 1.20 bits per heavy atom. The van der Waals surface area contributed by atoms with E-state index in [2.05, 4.69) is 10.3 Å². The van der Waals surface area contributed by atoms with E-state index in [1.807, 2.05) is 0 Å². The molecule has 3 fully saturated rings. The summed E-state index contributed by atoms with van der Waals surface area (Å²) in [6.07, 6.45) is 9.57. The van der Waals surface area contributed by atoms with Gasteiger partial charge in [-0.3, -0.25) is 4.99 Å². The number of rotatable bonds is 3. The fraction of sp³-hybridized carbons (Fsp3) is 0.929. The summed E-state index contributed by atoms with van der Waals surface area (Å²) in [5, 5.41) is 3.30. The molecule has 3 N–H and O–H groups in total. The number of hydrogen-bond donors (Lipinski definition) is 2. The van der Waals surface area contributed by atoms with Gasteiger partial charge < -0.3 is 20.5 Å². The molecule has 3 aliphatic rings. The van der Waals surface area contributed by atoms with E-state index >= 15 is 0 Å². The SMILES string of the molecule is I.NC(=NCC1COC2(CCCC2)O1)NC1CCCC1. The molecule has 1 spiro atoms. The number of nitrogens with zero attached hydrogens (tertiary/aromatic N) is 1. The molecule has 1 aliphatic heterocycles. The molecule has 2 saturated carbocycles. The van der Waals surface area contributed by atoms with E-state index in [1.165, 1.54) is 38.5 Å². The lowest BCUT2D eigenvalue weighted by Crippen LogP contribution is -2.39. The van der Waals surface area contributed by atoms with Crippen molar-refractivity contribution in [3.8, 4) is 0 Å². The van der Waals surface area contributed by atoms with Gasteiger partial charge in [0.1, 0.15) is 6.10 Å². The highest BCUT2D eigenvalue weighted by Crippen LogP contribution is 2.39. The van der Waals surface area contributed by atoms with Crippen molar-refractivity contribution >= 4 is 29.9 Å². The first-order valence-electron chi connectivity index (χ1n) is 7.64. The van der Waals surface area contributed by atoms with Gasteiger partial charge in [-0.1, -0.05) is 12.8 Å². The molecular weight excluding hydrogens is 369 g/mol. The minimum Gasteiger partial charge on any atom is -0.370 e. The van der Waals surface area contributed by atoms with Gasteiger partial charge in [-0.05, 0) is 25.7 Å². The molecule has 0 radical (unpaired) electrons. The van der Waals surface area contributed by atoms with Gasteiger partial charge in [0, 0.05) is 18.9 Å². The third-order valence-corrected chi connectivity index (χ3v) is 4.45. The van der Waals surface area contributed by atoms with Crippen LogP contribution in [0.15, 0.2) is 4.99 Å². The highest BCUT2D eigenvalue weighted by Gasteiger charge is 2.43. The second-order valence-electron chi connectivity index (χ2n) is 6.02. The maximum atomic E-state index is 6.02. The largest absolute Gasteiger partial charge is 0.370 e. The summed E-state index contributed by atoms with van der Waals surface area (Å²) >= 11 is 0. The number of hydrogen-bond acceptors (Lipinski definition) is 3. The number of guanidine groups is 1. The first-order valence-corrected chi connectivity index (χ1v) is 7.64. The van der Waals surface area contributed by atoms with Crippen molar-refractivity contribution in [3.05, 3.63) is 0 Å². The zero-order valence-electron chi connectivity index (χ0n) is 12.0. The standard InChI is InChI=1S/C14H25N3O2.HI/c15-13(17-11-5-1-2-6-11)16-9-12-10-18-14(19-12)7-3-4-8-14;/h11-12H,1-10H2,(H3,15,16,17);1H. The predicted molar refractivity (Wildman–Crippen MR) is 89.3 cm³/mol. The van der Waals surface area contributed by atoms with Crippen molar-refractivity contribution in [1.82, 2.24) is 5.32 Å². The van der Waals surface area contributed by atoms with Gasteiger partial charge in [0.2, 0.25) is 0 Å². The normalized spacial score (nSPS) is 29.8. The van der Waals surface area contributed by atoms with Crippen LogP contribution in [0, 0.1) is 0 Å². The van der Waals surface area contributed by atoms with Crippen LogP contribution in [0.3, 0.4) is 0 Å². The van der Waals surface area contributed by atoms with Crippen LogP contribution in [0.1, 0.15) is 51.4 Å². The second kappa shape index (κ2) is 7.26. The van der Waals surface area contributed by atoms with E-state index < -0.39 is 0 Å². The van der Waals surface area contributed by atoms with Gasteiger partial charge in [0.15, 0.2) is 11.7 Å². The van der Waals surface area contributed by atoms with Crippen LogP contribution < -0.4 is 11.1 Å². The molecule has 1 unspecified atom stereocenters. The van der Waals surface area contributed by atoms with Crippen LogP contribution in [0.2, 0.25) is 0 Å². The average Bonchev–Trinajstić information content (AvgIpc) is 3.12. The first kappa shape index (κ1) is 16.3. The van der Waals surface area contributed by atoms with Crippen molar-refractivity contribution in [2.75, 3.05) is 13.2 Å². The molecule has 116 valence electrons. The number of nitrogens with two attached hydrogens (primary N) is 1. The summed E-state index contributed by atoms with van der Waals surface area (Å²) in [7, 11) is 0. The third kappa shape index (κ3) is 3.98. The van der Waals surface area contributed by atoms with Gasteiger partial charge in [0.25, 0.3) is 0 Å². The summed E-state index contributed by atoms with van der Waals surface area (Å²) in [5.74, 6) is 0.274. The van der Waals surface area contributed by atoms with Crippen molar-refractivity contribution in [3.63, 3.8) is 0 Å². The Morgan fingerprint density at radius 2 is 1.90 bits per heavy atom. The molecular formula is C14H26IN3O2. The number of nitrogens with one attached hydrogen (secondary N) is 1. The first-order chi connectivity index (χ1) is 9.26. The molecule has 0 aromatic carbocycles. The summed E-state index contributed by atoms with van der Waals surface area (Å²) in [5.41, 5.74) is 5.92. The number of aliphatic imine (C=N–C) groups is 1. The molecule has 2 aliphatic carbocycles. The molecule has 6 heteroatoms. The minimum atomic E-state index is -0.284. The maximum Gasteiger partial charge on any atom is 0.188 e. The van der Waals surface area contributed by atoms with E-state index in [1.54, 1.807) is 0 Å². The lowest BCUT2D eigenvalue weighted by molar-refractivity contribution is -0.160. The topological polar surface area (TPSA) is 68.9 Å². The monoisotopic (exact) mass is 395 g/mol. The van der Waals surface area contributed by atoms with Crippen molar-refractivity contribution in [2.24, 2.45) is 10.7 Å². The molecule has 5 nitrogen and oxygen atoms in total. The molecule has 1 atom stereocenters. The smallest absolute Gasteiger partial charge is 0.188 e. The fourth-order valence-electron chi connectivity index (χ4n) is 3.41. The van der Waals surface area contributed by atoms with Gasteiger partial charge >= 0.3 is 0 Å². The van der Waals surface area contributed by atoms with E-state index in [-0.39, 0.29) is 35.9 Å². The maximum absolute atomic E-state index is 6.02. The zero-order chi connectivity index (χ0) is 13.1. The molecule has 0 amide bonds. The highest BCUT2D eigenvalue weighted by molar-refractivity contribution is 14.0. The highest BCUT2D eigenvalue weighted by atomic mass is 127. The zero-order valence-corrected chi connectivity index (χ0v) is 14.3. The average molecular weight is 395 g/mol. The van der Waals surface area contributed by atoms with Gasteiger partial charge in [-0.15, -0.1) is 24.0 Å². The Labute approximate surface area is 138 Å². The molecule has 1 saturated heterocycles. The third-order valence-electron chi connectivity index (χ3n) is 4.45. The molecule has 1 heterocycles. The van der Waals surface area contributed by atoms with E-state index in [0.29, 0.717) is 25.2 Å². The van der Waals surface area contributed by atoms with E-state index in [4.69, 9.17) is 15.2 Å². The van der Waals surface area contributed by atoms with Crippen LogP contribution in [-0.2, 0) is 9.47 Å². The van der Waals surface area contributed by atoms with Crippen molar-refractivity contribution < 1.29 is 9.47 Å². The molecule has 0 aromatic heterocycles. The second-order valence-corrected chi connectivity index (χ2v) is 6.02. The lowest BCUT2D eigenvalue weighted by atomic mass is 10.2. The molecule has 0 aromatic rings. The van der Waals surface area contributed by atoms with Crippen LogP contribution in [-0.4, -0.2) is 37.0 Å². The summed E-state index contributed by atoms with van der Waals surface area (Å²) < 4.78 is 11.8. The van der Waals surface area contributed by atoms with E-state index in [9.17, 15) is 0 Å². The van der Waals surface area contributed by atoms with E-state index in [0.717, 1.165) is 12.8 Å². The predicted octanol–water partition coefficient (Wildman–Crippen LogP) is 2.14. The van der Waals surface area contributed by atoms with Crippen LogP contribution in [0.5, 0.6) is 0 Å². The summed E-state index contributed by atoms with van der Waals surface area (Å²) in [6.45, 7) is 1.26. The van der Waals surface area contributed by atoms with Crippen molar-refractivity contribution in [2.45, 2.75) is 69.3 Å². The van der Waals surface area contributed by atoms with Gasteiger partial charge in [-0.2, -0.15) is 0 Å². The number of halogens is 1. The van der Waals surface area contributed by atoms with Crippen LogP contribution in [0.4, 0.5) is 0 Å². The van der Waals surface area contributed by atoms with Crippen molar-refractivity contribution in [1.29, 1.82) is 0 Å². The van der Waals surface area contributed by atoms with Gasteiger partial charge in [-0.25, -0.2) is 0 Å². The quantitative estimate of drug-likeness (QED) is 0.437. The fourth-order valence-corrected chi connectivity index (χ4v) is 3.41.